The van der Waals surface area contributed by atoms with E-state index in [4.69, 9.17) is 11.6 Å². The van der Waals surface area contributed by atoms with Crippen molar-refractivity contribution in [2.24, 2.45) is 0 Å². The first kappa shape index (κ1) is 25.0. The highest BCUT2D eigenvalue weighted by Crippen LogP contribution is 2.31. The lowest BCUT2D eigenvalue weighted by molar-refractivity contribution is -0.113. The number of nitrogens with zero attached hydrogens (tertiary/aromatic N) is 3. The molecule has 0 unspecified atom stereocenters. The number of aromatic carboxylic acids is 1. The van der Waals surface area contributed by atoms with E-state index in [2.05, 4.69) is 31.4 Å². The minimum atomic E-state index is -1.13. The van der Waals surface area contributed by atoms with Crippen molar-refractivity contribution in [1.82, 2.24) is 14.8 Å². The molecule has 1 aromatic heterocycles. The number of carbonyl (C=O) groups is 2. The number of hydrogen-bond donors (Lipinski definition) is 2. The second kappa shape index (κ2) is 10.6. The zero-order chi connectivity index (χ0) is 25.1. The van der Waals surface area contributed by atoms with E-state index in [1.165, 1.54) is 17.8 Å². The number of carboxylic acids is 1. The van der Waals surface area contributed by atoms with Crippen LogP contribution in [-0.4, -0.2) is 37.5 Å². The van der Waals surface area contributed by atoms with Crippen LogP contribution in [0.15, 0.2) is 70.3 Å². The lowest BCUT2D eigenvalue weighted by atomic mass is 10.1. The third-order valence-electron chi connectivity index (χ3n) is 5.14. The number of hydrogen-bond acceptors (Lipinski definition) is 5. The van der Waals surface area contributed by atoms with Crippen molar-refractivity contribution in [3.05, 3.63) is 86.8 Å². The number of carbonyl (C=O) groups excluding carboxylic acids is 1. The summed E-state index contributed by atoms with van der Waals surface area (Å²) in [5.41, 5.74) is 4.01. The van der Waals surface area contributed by atoms with Crippen molar-refractivity contribution in [2.75, 3.05) is 11.1 Å². The lowest BCUT2D eigenvalue weighted by Crippen LogP contribution is -2.17. The van der Waals surface area contributed by atoms with Crippen LogP contribution in [-0.2, 0) is 4.79 Å². The van der Waals surface area contributed by atoms with Gasteiger partial charge in [0.05, 0.1) is 22.7 Å². The number of carboxylic acid groups (broad SMARTS) is 1. The van der Waals surface area contributed by atoms with E-state index in [1.807, 2.05) is 54.8 Å². The van der Waals surface area contributed by atoms with Crippen LogP contribution in [0.25, 0.3) is 17.1 Å². The highest BCUT2D eigenvalue weighted by atomic mass is 79.9. The minimum absolute atomic E-state index is 0.000445. The molecule has 1 amide bonds. The van der Waals surface area contributed by atoms with Crippen LogP contribution in [0.4, 0.5) is 5.69 Å². The number of aryl methyl sites for hydroxylation is 2. The molecule has 0 saturated carbocycles. The number of amides is 1. The molecule has 4 aromatic rings. The van der Waals surface area contributed by atoms with Crippen molar-refractivity contribution in [3.63, 3.8) is 0 Å². The van der Waals surface area contributed by atoms with Gasteiger partial charge in [0.1, 0.15) is 0 Å². The smallest absolute Gasteiger partial charge is 0.337 e. The predicted octanol–water partition coefficient (Wildman–Crippen LogP) is 6.40. The third kappa shape index (κ3) is 5.75. The zero-order valence-corrected chi connectivity index (χ0v) is 21.9. The summed E-state index contributed by atoms with van der Waals surface area (Å²) >= 11 is 10.7. The van der Waals surface area contributed by atoms with Gasteiger partial charge < -0.3 is 10.4 Å². The molecule has 0 radical (unpaired) electrons. The largest absolute Gasteiger partial charge is 0.478 e. The van der Waals surface area contributed by atoms with Gasteiger partial charge in [-0.15, -0.1) is 10.2 Å². The predicted molar refractivity (Wildman–Crippen MR) is 142 cm³/mol. The molecule has 0 aliphatic heterocycles. The maximum atomic E-state index is 12.7. The van der Waals surface area contributed by atoms with E-state index in [-0.39, 0.29) is 22.9 Å². The molecule has 0 saturated heterocycles. The molecular formula is C25H20BrClN4O3S. The molecule has 4 rings (SSSR count). The summed E-state index contributed by atoms with van der Waals surface area (Å²) in [5.74, 6) is -0.881. The number of anilines is 1. The molecule has 2 N–H and O–H groups in total. The Morgan fingerprint density at radius 1 is 1.09 bits per heavy atom. The monoisotopic (exact) mass is 570 g/mol. The Kier molecular flexibility index (Phi) is 7.59. The van der Waals surface area contributed by atoms with Crippen LogP contribution in [0.2, 0.25) is 5.02 Å². The third-order valence-corrected chi connectivity index (χ3v) is 6.80. The van der Waals surface area contributed by atoms with Gasteiger partial charge in [-0.1, -0.05) is 63.6 Å². The number of aromatic nitrogens is 3. The molecule has 10 heteroatoms. The summed E-state index contributed by atoms with van der Waals surface area (Å²) < 4.78 is 2.52. The van der Waals surface area contributed by atoms with E-state index in [1.54, 1.807) is 18.2 Å². The molecule has 178 valence electrons. The van der Waals surface area contributed by atoms with E-state index >= 15 is 0 Å². The van der Waals surface area contributed by atoms with Gasteiger partial charge >= 0.3 is 5.97 Å². The Bertz CT molecular complexity index is 1440. The topological polar surface area (TPSA) is 97.1 Å². The van der Waals surface area contributed by atoms with Gasteiger partial charge in [0, 0.05) is 15.1 Å². The molecule has 0 fully saturated rings. The summed E-state index contributed by atoms with van der Waals surface area (Å²) in [6.07, 6.45) is 0. The first-order valence-corrected chi connectivity index (χ1v) is 12.6. The highest BCUT2D eigenvalue weighted by Gasteiger charge is 2.20. The fourth-order valence-electron chi connectivity index (χ4n) is 3.47. The Morgan fingerprint density at radius 2 is 1.89 bits per heavy atom. The molecule has 0 bridgehead atoms. The van der Waals surface area contributed by atoms with Gasteiger partial charge in [-0.2, -0.15) is 0 Å². The van der Waals surface area contributed by atoms with E-state index in [0.717, 1.165) is 22.4 Å². The maximum absolute atomic E-state index is 12.7. The molecule has 0 spiro atoms. The van der Waals surface area contributed by atoms with Crippen LogP contribution in [0, 0.1) is 13.8 Å². The highest BCUT2D eigenvalue weighted by molar-refractivity contribution is 9.10. The first-order valence-electron chi connectivity index (χ1n) is 10.5. The van der Waals surface area contributed by atoms with E-state index in [9.17, 15) is 14.7 Å². The zero-order valence-electron chi connectivity index (χ0n) is 18.8. The molecule has 0 aliphatic carbocycles. The van der Waals surface area contributed by atoms with E-state index < -0.39 is 5.97 Å². The average molecular weight is 572 g/mol. The average Bonchev–Trinajstić information content (AvgIpc) is 3.24. The van der Waals surface area contributed by atoms with Gasteiger partial charge in [-0.25, -0.2) is 4.79 Å². The molecule has 0 aliphatic rings. The van der Waals surface area contributed by atoms with Crippen molar-refractivity contribution >= 4 is 56.9 Å². The Labute approximate surface area is 219 Å². The van der Waals surface area contributed by atoms with Gasteiger partial charge in [-0.05, 0) is 61.4 Å². The Balaban J connectivity index is 1.65. The second-order valence-corrected chi connectivity index (χ2v) is 10.1. The van der Waals surface area contributed by atoms with Gasteiger partial charge in [0.15, 0.2) is 11.0 Å². The van der Waals surface area contributed by atoms with Crippen LogP contribution < -0.4 is 5.32 Å². The normalized spacial score (nSPS) is 10.9. The summed E-state index contributed by atoms with van der Waals surface area (Å²) in [7, 11) is 0. The Morgan fingerprint density at radius 3 is 2.63 bits per heavy atom. The fourth-order valence-corrected chi connectivity index (χ4v) is 4.77. The summed E-state index contributed by atoms with van der Waals surface area (Å²) in [4.78, 5) is 24.3. The standard InChI is InChI=1S/C25H20BrClN4O3S/c1-14-6-7-15(2)21(10-14)31-23(16-4-3-5-18(27)11-16)29-30-25(31)35-13-22(32)28-20-9-8-17(26)12-19(20)24(33)34/h3-12H,13H2,1-2H3,(H,28,32)(H,33,34). The molecular weight excluding hydrogens is 552 g/mol. The van der Waals surface area contributed by atoms with Crippen LogP contribution in [0.1, 0.15) is 21.5 Å². The second-order valence-electron chi connectivity index (χ2n) is 7.77. The number of halogens is 2. The number of benzene rings is 3. The summed E-state index contributed by atoms with van der Waals surface area (Å²) in [6, 6.07) is 18.1. The molecule has 35 heavy (non-hydrogen) atoms. The lowest BCUT2D eigenvalue weighted by Gasteiger charge is -2.14. The van der Waals surface area contributed by atoms with Crippen molar-refractivity contribution in [1.29, 1.82) is 0 Å². The molecule has 0 atom stereocenters. The number of thioether (sulfide) groups is 1. The fraction of sp³-hybridized carbons (Fsp3) is 0.120. The number of nitrogens with one attached hydrogen (secondary N) is 1. The van der Waals surface area contributed by atoms with Gasteiger partial charge in [0.25, 0.3) is 0 Å². The summed E-state index contributed by atoms with van der Waals surface area (Å²) in [5, 5.41) is 22.0. The minimum Gasteiger partial charge on any atom is -0.478 e. The van der Waals surface area contributed by atoms with Gasteiger partial charge in [-0.3, -0.25) is 9.36 Å². The van der Waals surface area contributed by atoms with Crippen molar-refractivity contribution < 1.29 is 14.7 Å². The van der Waals surface area contributed by atoms with Crippen LogP contribution >= 0.6 is 39.3 Å². The molecule has 1 heterocycles. The summed E-state index contributed by atoms with van der Waals surface area (Å²) in [6.45, 7) is 4.00. The number of rotatable bonds is 7. The maximum Gasteiger partial charge on any atom is 0.337 e. The van der Waals surface area contributed by atoms with Gasteiger partial charge in [0.2, 0.25) is 5.91 Å². The van der Waals surface area contributed by atoms with Crippen LogP contribution in [0.5, 0.6) is 0 Å². The van der Waals surface area contributed by atoms with E-state index in [0.29, 0.717) is 20.5 Å². The van der Waals surface area contributed by atoms with Crippen molar-refractivity contribution in [3.8, 4) is 17.1 Å². The van der Waals surface area contributed by atoms with Crippen LogP contribution in [0.3, 0.4) is 0 Å². The quantitative estimate of drug-likeness (QED) is 0.249. The molecule has 3 aromatic carbocycles. The molecule has 7 nitrogen and oxygen atoms in total. The SMILES string of the molecule is Cc1ccc(C)c(-n2c(SCC(=O)Nc3ccc(Br)cc3C(=O)O)nnc2-c2cccc(Cl)c2)c1. The first-order chi connectivity index (χ1) is 16.7. The Hall–Kier alpha value is -3.14. The van der Waals surface area contributed by atoms with Crippen molar-refractivity contribution in [2.45, 2.75) is 19.0 Å².